The van der Waals surface area contributed by atoms with Gasteiger partial charge in [-0.2, -0.15) is 5.10 Å². The zero-order valence-corrected chi connectivity index (χ0v) is 25.6. The molecule has 1 aromatic carbocycles. The quantitative estimate of drug-likeness (QED) is 0.451. The molecular weight excluding hydrogens is 536 g/mol. The van der Waals surface area contributed by atoms with Crippen LogP contribution in [0.2, 0.25) is 5.02 Å². The third-order valence-electron chi connectivity index (χ3n) is 10.1. The van der Waals surface area contributed by atoms with Crippen LogP contribution in [-0.4, -0.2) is 75.6 Å². The number of nitrogens with one attached hydrogen (secondary N) is 1. The molecule has 0 radical (unpaired) electrons. The van der Waals surface area contributed by atoms with E-state index < -0.39 is 0 Å². The molecule has 2 heterocycles. The summed E-state index contributed by atoms with van der Waals surface area (Å²) in [4.78, 5) is 35.3. The van der Waals surface area contributed by atoms with Crippen LogP contribution in [0.15, 0.2) is 36.9 Å². The SMILES string of the molecule is CN(C)C(=O)[C@@H]1CCCC[C@H]1N[C@H](Cc1ccc(Cl)cc1)C(=O)N1CCC(Cn2cncn2)(C2CCCCC2)CC1. The molecule has 1 aliphatic heterocycles. The zero-order chi connectivity index (χ0) is 28.8. The van der Waals surface area contributed by atoms with Gasteiger partial charge in [0.15, 0.2) is 0 Å². The fourth-order valence-electron chi connectivity index (χ4n) is 7.73. The number of nitrogens with zero attached hydrogens (tertiary/aromatic N) is 5. The first-order chi connectivity index (χ1) is 19.8. The zero-order valence-electron chi connectivity index (χ0n) is 24.8. The number of rotatable bonds is 9. The average molecular weight is 583 g/mol. The second-order valence-corrected chi connectivity index (χ2v) is 13.3. The molecule has 0 bridgehead atoms. The molecule has 1 saturated heterocycles. The maximum Gasteiger partial charge on any atom is 0.240 e. The second kappa shape index (κ2) is 13.7. The molecule has 3 fully saturated rings. The normalized spacial score (nSPS) is 24.1. The van der Waals surface area contributed by atoms with Crippen molar-refractivity contribution in [2.24, 2.45) is 17.3 Å². The highest BCUT2D eigenvalue weighted by molar-refractivity contribution is 6.30. The van der Waals surface area contributed by atoms with Crippen molar-refractivity contribution < 1.29 is 9.59 Å². The number of halogens is 1. The standard InChI is InChI=1S/C32H47ClN6O2/c1-37(2)30(40)27-10-6-7-11-28(27)36-29(20-24-12-14-26(33)15-13-24)31(41)38-18-16-32(17-19-38,21-39-23-34-22-35-39)25-8-4-3-5-9-25/h12-15,22-23,25,27-29,36H,3-11,16-21H2,1-2H3/t27-,28-,29-/m1/s1. The third-order valence-corrected chi connectivity index (χ3v) is 10.3. The van der Waals surface area contributed by atoms with Gasteiger partial charge in [0.1, 0.15) is 12.7 Å². The third kappa shape index (κ3) is 7.31. The summed E-state index contributed by atoms with van der Waals surface area (Å²) in [5.41, 5.74) is 1.22. The number of likely N-dealkylation sites (tertiary alicyclic amines) is 1. The Kier molecular flexibility index (Phi) is 10.0. The van der Waals surface area contributed by atoms with Crippen molar-refractivity contribution in [3.05, 3.63) is 47.5 Å². The van der Waals surface area contributed by atoms with Gasteiger partial charge in [0, 0.05) is 44.8 Å². The van der Waals surface area contributed by atoms with Gasteiger partial charge < -0.3 is 15.1 Å². The van der Waals surface area contributed by atoms with Crippen molar-refractivity contribution in [3.63, 3.8) is 0 Å². The van der Waals surface area contributed by atoms with E-state index in [4.69, 9.17) is 11.6 Å². The van der Waals surface area contributed by atoms with E-state index in [-0.39, 0.29) is 35.2 Å². The van der Waals surface area contributed by atoms with E-state index >= 15 is 0 Å². The Morgan fingerprint density at radius 2 is 1.71 bits per heavy atom. The van der Waals surface area contributed by atoms with Crippen molar-refractivity contribution in [1.29, 1.82) is 0 Å². The Balaban J connectivity index is 1.33. The molecule has 41 heavy (non-hydrogen) atoms. The molecule has 2 saturated carbocycles. The van der Waals surface area contributed by atoms with E-state index in [0.717, 1.165) is 63.7 Å². The molecule has 1 aromatic heterocycles. The first kappa shape index (κ1) is 30.0. The first-order valence-corrected chi connectivity index (χ1v) is 16.1. The van der Waals surface area contributed by atoms with Gasteiger partial charge in [-0.1, -0.05) is 55.8 Å². The van der Waals surface area contributed by atoms with Crippen molar-refractivity contribution in [3.8, 4) is 0 Å². The molecule has 0 spiro atoms. The number of piperidine rings is 1. The topological polar surface area (TPSA) is 83.4 Å². The van der Waals surface area contributed by atoms with Crippen LogP contribution in [0.4, 0.5) is 0 Å². The summed E-state index contributed by atoms with van der Waals surface area (Å²) in [5, 5.41) is 8.88. The molecule has 1 N–H and O–H groups in total. The minimum absolute atomic E-state index is 0.00154. The highest BCUT2D eigenvalue weighted by Gasteiger charge is 2.44. The van der Waals surface area contributed by atoms with Gasteiger partial charge in [-0.3, -0.25) is 14.3 Å². The lowest BCUT2D eigenvalue weighted by atomic mass is 9.63. The average Bonchev–Trinajstić information content (AvgIpc) is 3.51. The maximum absolute atomic E-state index is 14.3. The molecular formula is C32H47ClN6O2. The van der Waals surface area contributed by atoms with Crippen LogP contribution in [-0.2, 0) is 22.6 Å². The van der Waals surface area contributed by atoms with E-state index in [1.807, 2.05) is 49.4 Å². The van der Waals surface area contributed by atoms with Gasteiger partial charge in [0.2, 0.25) is 11.8 Å². The lowest BCUT2D eigenvalue weighted by molar-refractivity contribution is -0.139. The molecule has 3 aliphatic rings. The minimum Gasteiger partial charge on any atom is -0.349 e. The molecule has 3 atom stereocenters. The van der Waals surface area contributed by atoms with Crippen LogP contribution in [0.5, 0.6) is 0 Å². The fraction of sp³-hybridized carbons (Fsp3) is 0.688. The number of benzene rings is 1. The molecule has 5 rings (SSSR count). The summed E-state index contributed by atoms with van der Waals surface area (Å²) < 4.78 is 2.00. The second-order valence-electron chi connectivity index (χ2n) is 12.9. The molecule has 9 heteroatoms. The number of carbonyl (C=O) groups excluding carboxylic acids is 2. The molecule has 8 nitrogen and oxygen atoms in total. The number of hydrogen-bond donors (Lipinski definition) is 1. The molecule has 2 aromatic rings. The number of amides is 2. The summed E-state index contributed by atoms with van der Waals surface area (Å²) in [6.45, 7) is 2.39. The van der Waals surface area contributed by atoms with Crippen molar-refractivity contribution >= 4 is 23.4 Å². The minimum atomic E-state index is -0.380. The highest BCUT2D eigenvalue weighted by Crippen LogP contribution is 2.47. The Bertz CT molecular complexity index is 1120. The van der Waals surface area contributed by atoms with E-state index in [1.54, 1.807) is 11.2 Å². The lowest BCUT2D eigenvalue weighted by Gasteiger charge is -2.48. The molecule has 2 aliphatic carbocycles. The van der Waals surface area contributed by atoms with Gasteiger partial charge >= 0.3 is 0 Å². The molecule has 2 amide bonds. The van der Waals surface area contributed by atoms with Crippen LogP contribution in [0, 0.1) is 17.3 Å². The van der Waals surface area contributed by atoms with E-state index in [9.17, 15) is 9.59 Å². The number of carbonyl (C=O) groups is 2. The van der Waals surface area contributed by atoms with Gasteiger partial charge in [-0.25, -0.2) is 4.98 Å². The lowest BCUT2D eigenvalue weighted by Crippen LogP contribution is -2.57. The van der Waals surface area contributed by atoms with Crippen LogP contribution in [0.1, 0.15) is 76.2 Å². The largest absolute Gasteiger partial charge is 0.349 e. The summed E-state index contributed by atoms with van der Waals surface area (Å²) in [6.07, 6.45) is 16.4. The van der Waals surface area contributed by atoms with Crippen molar-refractivity contribution in [2.45, 2.75) is 95.7 Å². The van der Waals surface area contributed by atoms with Gasteiger partial charge in [0.05, 0.1) is 12.0 Å². The monoisotopic (exact) mass is 582 g/mol. The molecule has 224 valence electrons. The maximum atomic E-state index is 14.3. The number of hydrogen-bond acceptors (Lipinski definition) is 5. The Hall–Kier alpha value is -2.45. The Morgan fingerprint density at radius 1 is 1.02 bits per heavy atom. The van der Waals surface area contributed by atoms with E-state index in [1.165, 1.54) is 32.1 Å². The van der Waals surface area contributed by atoms with Gasteiger partial charge in [0.25, 0.3) is 0 Å². The van der Waals surface area contributed by atoms with Gasteiger partial charge in [-0.15, -0.1) is 0 Å². The Labute approximate surface area is 250 Å². The first-order valence-electron chi connectivity index (χ1n) is 15.7. The number of aromatic nitrogens is 3. The predicted octanol–water partition coefficient (Wildman–Crippen LogP) is 4.97. The van der Waals surface area contributed by atoms with Crippen molar-refractivity contribution in [2.75, 3.05) is 27.2 Å². The summed E-state index contributed by atoms with van der Waals surface area (Å²) in [6, 6.07) is 7.42. The summed E-state index contributed by atoms with van der Waals surface area (Å²) in [7, 11) is 3.66. The van der Waals surface area contributed by atoms with Crippen molar-refractivity contribution in [1.82, 2.24) is 29.9 Å². The van der Waals surface area contributed by atoms with Gasteiger partial charge in [-0.05, 0) is 74.0 Å². The van der Waals surface area contributed by atoms with E-state index in [2.05, 4.69) is 20.3 Å². The van der Waals surface area contributed by atoms with Crippen LogP contribution in [0.25, 0.3) is 0 Å². The van der Waals surface area contributed by atoms with E-state index in [0.29, 0.717) is 17.4 Å². The van der Waals surface area contributed by atoms with Crippen LogP contribution in [0.3, 0.4) is 0 Å². The van der Waals surface area contributed by atoms with Crippen LogP contribution < -0.4 is 5.32 Å². The highest BCUT2D eigenvalue weighted by atomic mass is 35.5. The van der Waals surface area contributed by atoms with Crippen LogP contribution >= 0.6 is 11.6 Å². The molecule has 0 unspecified atom stereocenters. The predicted molar refractivity (Wildman–Crippen MR) is 161 cm³/mol. The Morgan fingerprint density at radius 3 is 2.37 bits per heavy atom. The summed E-state index contributed by atoms with van der Waals surface area (Å²) >= 11 is 6.17. The smallest absolute Gasteiger partial charge is 0.240 e. The summed E-state index contributed by atoms with van der Waals surface area (Å²) in [5.74, 6) is 0.880. The fourth-order valence-corrected chi connectivity index (χ4v) is 7.86.